The fourth-order valence-corrected chi connectivity index (χ4v) is 1.12. The van der Waals surface area contributed by atoms with Crippen molar-refractivity contribution in [1.82, 2.24) is 0 Å². The van der Waals surface area contributed by atoms with E-state index >= 15 is 0 Å². The second-order valence-corrected chi connectivity index (χ2v) is 2.88. The number of halogens is 5. The van der Waals surface area contributed by atoms with Crippen LogP contribution in [0.1, 0.15) is 6.42 Å². The predicted molar refractivity (Wildman–Crippen MR) is 42.1 cm³/mol. The maximum absolute atomic E-state index is 13.5. The van der Waals surface area contributed by atoms with Crippen LogP contribution in [0.2, 0.25) is 0 Å². The van der Waals surface area contributed by atoms with Crippen LogP contribution in [0, 0.1) is 0 Å². The second-order valence-electron chi connectivity index (χ2n) is 2.88. The van der Waals surface area contributed by atoms with E-state index in [1.807, 2.05) is 0 Å². The molecule has 0 N–H and O–H groups in total. The van der Waals surface area contributed by atoms with E-state index in [1.54, 1.807) is 0 Å². The van der Waals surface area contributed by atoms with Gasteiger partial charge >= 0.3 is 0 Å². The SMILES string of the molecule is C=CCC1(F)C(F)=C(F)C(=O)C(F)=C1F. The lowest BCUT2D eigenvalue weighted by atomic mass is 9.91. The van der Waals surface area contributed by atoms with Gasteiger partial charge < -0.3 is 0 Å². The van der Waals surface area contributed by atoms with Gasteiger partial charge in [-0.2, -0.15) is 8.78 Å². The molecule has 0 bridgehead atoms. The van der Waals surface area contributed by atoms with Gasteiger partial charge in [-0.3, -0.25) is 4.79 Å². The summed E-state index contributed by atoms with van der Waals surface area (Å²) in [7, 11) is 0. The molecular formula is C9H5F5O. The molecular weight excluding hydrogens is 219 g/mol. The molecule has 0 fully saturated rings. The molecule has 82 valence electrons. The van der Waals surface area contributed by atoms with Crippen molar-refractivity contribution in [3.63, 3.8) is 0 Å². The van der Waals surface area contributed by atoms with E-state index in [9.17, 15) is 26.7 Å². The third kappa shape index (κ3) is 1.49. The van der Waals surface area contributed by atoms with Gasteiger partial charge in [0.25, 0.3) is 5.78 Å². The van der Waals surface area contributed by atoms with Crippen molar-refractivity contribution < 1.29 is 26.7 Å². The summed E-state index contributed by atoms with van der Waals surface area (Å²) < 4.78 is 64.6. The maximum atomic E-state index is 13.5. The molecule has 0 heterocycles. The van der Waals surface area contributed by atoms with Crippen LogP contribution >= 0.6 is 0 Å². The van der Waals surface area contributed by atoms with Crippen molar-refractivity contribution in [2.75, 3.05) is 0 Å². The van der Waals surface area contributed by atoms with Gasteiger partial charge in [0, 0.05) is 6.42 Å². The zero-order valence-electron chi connectivity index (χ0n) is 7.29. The number of carbonyl (C=O) groups excluding carboxylic acids is 1. The number of alkyl halides is 1. The summed E-state index contributed by atoms with van der Waals surface area (Å²) in [6.07, 6.45) is -0.256. The third-order valence-corrected chi connectivity index (χ3v) is 1.91. The van der Waals surface area contributed by atoms with Gasteiger partial charge in [-0.05, 0) is 0 Å². The molecule has 0 aromatic carbocycles. The van der Waals surface area contributed by atoms with Gasteiger partial charge in [-0.15, -0.1) is 6.58 Å². The van der Waals surface area contributed by atoms with Crippen LogP contribution in [-0.2, 0) is 4.79 Å². The highest BCUT2D eigenvalue weighted by molar-refractivity contribution is 6.07. The summed E-state index contributed by atoms with van der Waals surface area (Å²) >= 11 is 0. The average Bonchev–Trinajstić information content (AvgIpc) is 2.22. The Morgan fingerprint density at radius 3 is 1.87 bits per heavy atom. The van der Waals surface area contributed by atoms with Crippen LogP contribution in [0.4, 0.5) is 22.0 Å². The smallest absolute Gasteiger partial charge is 0.255 e. The fraction of sp³-hybridized carbons (Fsp3) is 0.222. The fourth-order valence-electron chi connectivity index (χ4n) is 1.12. The normalized spacial score (nSPS) is 21.0. The van der Waals surface area contributed by atoms with Crippen molar-refractivity contribution in [3.8, 4) is 0 Å². The molecule has 0 saturated heterocycles. The standard InChI is InChI=1S/C9H5F5O/c1-2-3-9(14)7(12)4(10)6(15)5(11)8(9)13/h2H,1,3H2. The van der Waals surface area contributed by atoms with Gasteiger partial charge in [0.15, 0.2) is 11.7 Å². The Kier molecular flexibility index (Phi) is 2.79. The van der Waals surface area contributed by atoms with Crippen molar-refractivity contribution in [2.24, 2.45) is 0 Å². The average molecular weight is 224 g/mol. The third-order valence-electron chi connectivity index (χ3n) is 1.91. The van der Waals surface area contributed by atoms with E-state index in [0.29, 0.717) is 0 Å². The van der Waals surface area contributed by atoms with E-state index in [-0.39, 0.29) is 0 Å². The summed E-state index contributed by atoms with van der Waals surface area (Å²) in [4.78, 5) is 10.5. The van der Waals surface area contributed by atoms with Gasteiger partial charge in [0.2, 0.25) is 17.3 Å². The first-order chi connectivity index (χ1) is 6.86. The minimum Gasteiger partial charge on any atom is -0.283 e. The molecule has 0 radical (unpaired) electrons. The van der Waals surface area contributed by atoms with Crippen molar-refractivity contribution >= 4 is 5.78 Å². The van der Waals surface area contributed by atoms with Gasteiger partial charge in [0.05, 0.1) is 0 Å². The van der Waals surface area contributed by atoms with E-state index in [4.69, 9.17) is 0 Å². The Balaban J connectivity index is 3.39. The number of ketones is 1. The number of carbonyl (C=O) groups is 1. The highest BCUT2D eigenvalue weighted by atomic mass is 19.2. The van der Waals surface area contributed by atoms with E-state index in [2.05, 4.69) is 6.58 Å². The number of allylic oxidation sites excluding steroid dienone is 5. The minimum absolute atomic E-state index is 0.746. The van der Waals surface area contributed by atoms with Gasteiger partial charge in [0.1, 0.15) is 0 Å². The summed E-state index contributed by atoms with van der Waals surface area (Å²) in [5, 5.41) is 0. The zero-order valence-corrected chi connectivity index (χ0v) is 7.29. The second kappa shape index (κ2) is 3.60. The van der Waals surface area contributed by atoms with Crippen molar-refractivity contribution in [3.05, 3.63) is 36.0 Å². The highest BCUT2D eigenvalue weighted by Gasteiger charge is 2.50. The molecule has 1 nitrogen and oxygen atoms in total. The molecule has 1 aliphatic rings. The summed E-state index contributed by atoms with van der Waals surface area (Å²) in [5.41, 5.74) is -3.59. The molecule has 0 spiro atoms. The Hall–Kier alpha value is -1.46. The van der Waals surface area contributed by atoms with Gasteiger partial charge in [-0.25, -0.2) is 13.2 Å². The Labute approximate surface area is 81.6 Å². The lowest BCUT2D eigenvalue weighted by molar-refractivity contribution is -0.116. The first kappa shape index (κ1) is 11.6. The Bertz CT molecular complexity index is 365. The minimum atomic E-state index is -3.59. The molecule has 1 rings (SSSR count). The highest BCUT2D eigenvalue weighted by Crippen LogP contribution is 2.44. The summed E-state index contributed by atoms with van der Waals surface area (Å²) in [6, 6.07) is 0. The molecule has 0 unspecified atom stereocenters. The first-order valence-corrected chi connectivity index (χ1v) is 3.82. The van der Waals surface area contributed by atoms with Crippen LogP contribution in [0.25, 0.3) is 0 Å². The lowest BCUT2D eigenvalue weighted by Gasteiger charge is -2.23. The Morgan fingerprint density at radius 1 is 1.13 bits per heavy atom. The molecule has 0 amide bonds. The van der Waals surface area contributed by atoms with Crippen LogP contribution in [-0.4, -0.2) is 11.5 Å². The van der Waals surface area contributed by atoms with Crippen LogP contribution < -0.4 is 0 Å². The molecule has 6 heteroatoms. The van der Waals surface area contributed by atoms with Gasteiger partial charge in [-0.1, -0.05) is 6.08 Å². The quantitative estimate of drug-likeness (QED) is 0.520. The van der Waals surface area contributed by atoms with Crippen molar-refractivity contribution in [2.45, 2.75) is 12.1 Å². The number of Topliss-reactive ketones (excluding diaryl/α,β-unsaturated/α-hetero) is 1. The summed E-state index contributed by atoms with van der Waals surface area (Å²) in [6.45, 7) is 2.99. The lowest BCUT2D eigenvalue weighted by Crippen LogP contribution is -2.31. The van der Waals surface area contributed by atoms with Crippen LogP contribution in [0.3, 0.4) is 0 Å². The monoisotopic (exact) mass is 224 g/mol. The van der Waals surface area contributed by atoms with Crippen LogP contribution in [0.5, 0.6) is 0 Å². The predicted octanol–water partition coefficient (Wildman–Crippen LogP) is 3.15. The molecule has 0 aliphatic heterocycles. The van der Waals surface area contributed by atoms with Crippen molar-refractivity contribution in [1.29, 1.82) is 0 Å². The molecule has 0 aromatic rings. The molecule has 0 atom stereocenters. The van der Waals surface area contributed by atoms with E-state index in [1.165, 1.54) is 0 Å². The molecule has 1 aliphatic carbocycles. The van der Waals surface area contributed by atoms with Crippen LogP contribution in [0.15, 0.2) is 36.0 Å². The number of hydrogen-bond acceptors (Lipinski definition) is 1. The topological polar surface area (TPSA) is 17.1 Å². The zero-order chi connectivity index (χ0) is 11.8. The number of hydrogen-bond donors (Lipinski definition) is 0. The molecule has 15 heavy (non-hydrogen) atoms. The molecule has 0 aromatic heterocycles. The maximum Gasteiger partial charge on any atom is 0.255 e. The van der Waals surface area contributed by atoms with E-state index in [0.717, 1.165) is 6.08 Å². The largest absolute Gasteiger partial charge is 0.283 e. The Morgan fingerprint density at radius 2 is 1.53 bits per heavy atom. The first-order valence-electron chi connectivity index (χ1n) is 3.82. The van der Waals surface area contributed by atoms with E-state index < -0.39 is 41.2 Å². The number of rotatable bonds is 2. The molecule has 0 saturated carbocycles. The summed E-state index contributed by atoms with van der Waals surface area (Å²) in [5.74, 6) is -11.1.